The van der Waals surface area contributed by atoms with E-state index in [1.165, 1.54) is 18.4 Å². The van der Waals surface area contributed by atoms with Crippen LogP contribution in [0.3, 0.4) is 0 Å². The van der Waals surface area contributed by atoms with Crippen molar-refractivity contribution in [3.05, 3.63) is 48.0 Å². The Morgan fingerprint density at radius 3 is 3.17 bits per heavy atom. The van der Waals surface area contributed by atoms with E-state index in [0.717, 1.165) is 36.8 Å². The minimum atomic E-state index is 0.734. The summed E-state index contributed by atoms with van der Waals surface area (Å²) in [7, 11) is 0. The number of benzene rings is 1. The number of hydrogen-bond donors (Lipinski definition) is 1. The quantitative estimate of drug-likeness (QED) is 0.789. The highest BCUT2D eigenvalue weighted by molar-refractivity contribution is 5.31. The van der Waals surface area contributed by atoms with Crippen LogP contribution in [0.5, 0.6) is 5.75 Å². The first-order valence-electron chi connectivity index (χ1n) is 6.54. The molecule has 0 aliphatic heterocycles. The van der Waals surface area contributed by atoms with Crippen molar-refractivity contribution in [3.8, 4) is 5.75 Å². The summed E-state index contributed by atoms with van der Waals surface area (Å²) in [6.07, 6.45) is 8.20. The van der Waals surface area contributed by atoms with Crippen LogP contribution in [0.25, 0.3) is 0 Å². The third kappa shape index (κ3) is 2.92. The number of aromatic nitrogens is 2. The van der Waals surface area contributed by atoms with Gasteiger partial charge < -0.3 is 9.72 Å². The van der Waals surface area contributed by atoms with E-state index in [-0.39, 0.29) is 0 Å². The Kier molecular flexibility index (Phi) is 3.31. The van der Waals surface area contributed by atoms with Gasteiger partial charge in [0.05, 0.1) is 18.6 Å². The minimum Gasteiger partial charge on any atom is -0.494 e. The summed E-state index contributed by atoms with van der Waals surface area (Å²) in [6, 6.07) is 9.38. The molecule has 18 heavy (non-hydrogen) atoms. The molecule has 0 saturated heterocycles. The fourth-order valence-corrected chi connectivity index (χ4v) is 2.05. The van der Waals surface area contributed by atoms with Crippen LogP contribution in [0.2, 0.25) is 0 Å². The molecule has 1 N–H and O–H groups in total. The summed E-state index contributed by atoms with van der Waals surface area (Å²) >= 11 is 0. The van der Waals surface area contributed by atoms with E-state index >= 15 is 0 Å². The second kappa shape index (κ2) is 5.25. The zero-order chi connectivity index (χ0) is 12.2. The van der Waals surface area contributed by atoms with Crippen molar-refractivity contribution < 1.29 is 4.74 Å². The van der Waals surface area contributed by atoms with Gasteiger partial charge in [-0.3, -0.25) is 0 Å². The summed E-state index contributed by atoms with van der Waals surface area (Å²) in [5.41, 5.74) is 2.40. The molecule has 1 aliphatic rings. The smallest absolute Gasteiger partial charge is 0.119 e. The van der Waals surface area contributed by atoms with Gasteiger partial charge in [0.2, 0.25) is 0 Å². The number of nitrogens with zero attached hydrogens (tertiary/aromatic N) is 1. The molecule has 3 nitrogen and oxygen atoms in total. The predicted molar refractivity (Wildman–Crippen MR) is 69.7 cm³/mol. The van der Waals surface area contributed by atoms with Gasteiger partial charge in [-0.2, -0.15) is 0 Å². The molecule has 93 valence electrons. The largest absolute Gasteiger partial charge is 0.494 e. The van der Waals surface area contributed by atoms with Crippen LogP contribution in [0, 0.1) is 6.07 Å². The van der Waals surface area contributed by atoms with Crippen LogP contribution >= 0.6 is 0 Å². The van der Waals surface area contributed by atoms with Gasteiger partial charge in [0.1, 0.15) is 5.75 Å². The highest BCUT2D eigenvalue weighted by Crippen LogP contribution is 2.40. The molecule has 3 rings (SSSR count). The van der Waals surface area contributed by atoms with Crippen molar-refractivity contribution in [1.29, 1.82) is 0 Å². The first kappa shape index (κ1) is 11.3. The van der Waals surface area contributed by atoms with Crippen LogP contribution in [-0.4, -0.2) is 16.6 Å². The molecule has 2 aromatic rings. The molecular weight excluding hydrogens is 224 g/mol. The van der Waals surface area contributed by atoms with Crippen LogP contribution in [-0.2, 0) is 6.42 Å². The average molecular weight is 241 g/mol. The topological polar surface area (TPSA) is 37.9 Å². The molecule has 1 heterocycles. The van der Waals surface area contributed by atoms with Gasteiger partial charge >= 0.3 is 0 Å². The van der Waals surface area contributed by atoms with E-state index in [0.29, 0.717) is 0 Å². The maximum atomic E-state index is 5.76. The van der Waals surface area contributed by atoms with Gasteiger partial charge in [0.25, 0.3) is 0 Å². The predicted octanol–water partition coefficient (Wildman–Crippen LogP) is 3.10. The van der Waals surface area contributed by atoms with E-state index in [1.807, 2.05) is 18.3 Å². The molecule has 3 heteroatoms. The van der Waals surface area contributed by atoms with E-state index < -0.39 is 0 Å². The van der Waals surface area contributed by atoms with Crippen molar-refractivity contribution in [2.45, 2.75) is 31.6 Å². The fourth-order valence-electron chi connectivity index (χ4n) is 2.05. The van der Waals surface area contributed by atoms with Gasteiger partial charge in [0.15, 0.2) is 0 Å². The number of aromatic amines is 1. The van der Waals surface area contributed by atoms with Crippen LogP contribution in [0.1, 0.15) is 36.4 Å². The zero-order valence-corrected chi connectivity index (χ0v) is 10.4. The van der Waals surface area contributed by atoms with E-state index in [1.54, 1.807) is 6.33 Å². The number of rotatable bonds is 6. The maximum Gasteiger partial charge on any atom is 0.119 e. The molecule has 0 unspecified atom stereocenters. The number of hydrogen-bond acceptors (Lipinski definition) is 2. The molecule has 0 amide bonds. The minimum absolute atomic E-state index is 0.734. The number of aryl methyl sites for hydroxylation is 1. The van der Waals surface area contributed by atoms with Crippen molar-refractivity contribution in [3.63, 3.8) is 0 Å². The van der Waals surface area contributed by atoms with Gasteiger partial charge in [0, 0.05) is 6.20 Å². The molecule has 0 atom stereocenters. The van der Waals surface area contributed by atoms with Crippen molar-refractivity contribution in [2.24, 2.45) is 0 Å². The van der Waals surface area contributed by atoms with Gasteiger partial charge in [-0.05, 0) is 55.4 Å². The lowest BCUT2D eigenvalue weighted by atomic mass is 10.1. The first-order valence-corrected chi connectivity index (χ1v) is 6.54. The summed E-state index contributed by atoms with van der Waals surface area (Å²) in [5, 5.41) is 0. The van der Waals surface area contributed by atoms with Crippen molar-refractivity contribution in [1.82, 2.24) is 9.97 Å². The highest BCUT2D eigenvalue weighted by Gasteiger charge is 2.23. The lowest BCUT2D eigenvalue weighted by molar-refractivity contribution is 0.310. The molecule has 1 aliphatic carbocycles. The molecule has 1 radical (unpaired) electrons. The Morgan fingerprint density at radius 1 is 1.44 bits per heavy atom. The molecule has 0 bridgehead atoms. The Bertz CT molecular complexity index is 489. The molecular formula is C15H17N2O. The lowest BCUT2D eigenvalue weighted by Crippen LogP contribution is -2.00. The second-order valence-electron chi connectivity index (χ2n) is 4.77. The van der Waals surface area contributed by atoms with E-state index in [9.17, 15) is 0 Å². The summed E-state index contributed by atoms with van der Waals surface area (Å²) < 4.78 is 5.76. The van der Waals surface area contributed by atoms with Crippen LogP contribution in [0.15, 0.2) is 30.7 Å². The van der Waals surface area contributed by atoms with E-state index in [2.05, 4.69) is 22.1 Å². The highest BCUT2D eigenvalue weighted by atomic mass is 16.5. The SMILES string of the molecule is [c]1ccc(OCCCc2c[nH]cn2)cc1C1CC1. The Morgan fingerprint density at radius 2 is 2.39 bits per heavy atom. The number of nitrogens with one attached hydrogen (secondary N) is 1. The second-order valence-corrected chi connectivity index (χ2v) is 4.77. The zero-order valence-electron chi connectivity index (χ0n) is 10.4. The summed E-state index contributed by atoms with van der Waals surface area (Å²) in [4.78, 5) is 7.15. The van der Waals surface area contributed by atoms with E-state index in [4.69, 9.17) is 4.74 Å². The molecule has 0 spiro atoms. The van der Waals surface area contributed by atoms with Crippen LogP contribution < -0.4 is 4.74 Å². The third-order valence-electron chi connectivity index (χ3n) is 3.21. The average Bonchev–Trinajstić information content (AvgIpc) is 3.13. The normalized spacial score (nSPS) is 14.7. The molecule has 1 saturated carbocycles. The Labute approximate surface area is 107 Å². The third-order valence-corrected chi connectivity index (χ3v) is 3.21. The van der Waals surface area contributed by atoms with Crippen molar-refractivity contribution in [2.75, 3.05) is 6.61 Å². The van der Waals surface area contributed by atoms with Gasteiger partial charge in [-0.1, -0.05) is 6.07 Å². The Balaban J connectivity index is 1.46. The van der Waals surface area contributed by atoms with Gasteiger partial charge in [-0.25, -0.2) is 4.98 Å². The standard InChI is InChI=1S/C15H17N2O/c1-3-13(12-6-7-12)9-15(5-1)18-8-2-4-14-10-16-11-17-14/h1,5,9-12H,2,4,6-8H2,(H,16,17). The summed E-state index contributed by atoms with van der Waals surface area (Å²) in [6.45, 7) is 0.737. The number of imidazole rings is 1. The van der Waals surface area contributed by atoms with Crippen molar-refractivity contribution >= 4 is 0 Å². The number of ether oxygens (including phenoxy) is 1. The monoisotopic (exact) mass is 241 g/mol. The van der Waals surface area contributed by atoms with Crippen LogP contribution in [0.4, 0.5) is 0 Å². The maximum absolute atomic E-state index is 5.76. The number of H-pyrrole nitrogens is 1. The summed E-state index contributed by atoms with van der Waals surface area (Å²) in [5.74, 6) is 1.70. The molecule has 1 aromatic carbocycles. The van der Waals surface area contributed by atoms with Gasteiger partial charge in [-0.15, -0.1) is 0 Å². The fraction of sp³-hybridized carbons (Fsp3) is 0.400. The molecule has 1 fully saturated rings. The first-order chi connectivity index (χ1) is 8.92. The Hall–Kier alpha value is -1.77. The molecule has 1 aromatic heterocycles. The lowest BCUT2D eigenvalue weighted by Gasteiger charge is -2.06.